The first-order valence-corrected chi connectivity index (χ1v) is 8.81. The van der Waals surface area contributed by atoms with E-state index in [1.807, 2.05) is 39.0 Å². The molecule has 0 heterocycles. The van der Waals surface area contributed by atoms with Crippen LogP contribution in [0.2, 0.25) is 0 Å². The fourth-order valence-corrected chi connectivity index (χ4v) is 2.63. The number of unbranched alkanes of at least 4 members (excludes halogenated alkanes) is 1. The van der Waals surface area contributed by atoms with E-state index in [9.17, 15) is 9.59 Å². The smallest absolute Gasteiger partial charge is 0.242 e. The molecule has 1 rings (SSSR count). The van der Waals surface area contributed by atoms with Crippen LogP contribution in [0.25, 0.3) is 0 Å². The van der Waals surface area contributed by atoms with Crippen molar-refractivity contribution in [2.75, 3.05) is 13.2 Å². The van der Waals surface area contributed by atoms with Crippen LogP contribution in [0.3, 0.4) is 0 Å². The zero-order chi connectivity index (χ0) is 18.8. The van der Waals surface area contributed by atoms with E-state index in [1.54, 1.807) is 0 Å². The number of nitrogens with one attached hydrogen (secondary N) is 2. The minimum Gasteiger partial charge on any atom is -0.491 e. The number of amides is 2. The number of hydrogen-bond donors (Lipinski definition) is 3. The maximum atomic E-state index is 12.4. The Kier molecular flexibility index (Phi) is 8.99. The highest BCUT2D eigenvalue weighted by Crippen LogP contribution is 2.22. The molecule has 0 radical (unpaired) electrons. The standard InChI is InChI=1S/C19H31N3O3/c1-13-8-7-9-14(2)18(13)25-12-15(3)21-19(24)17(22-16(4)23)10-5-6-11-20/h7-9,15,17H,5-6,10-12,20H2,1-4H3,(H,21,24)(H,22,23)/t15?,17-/m0/s1. The van der Waals surface area contributed by atoms with Gasteiger partial charge in [-0.15, -0.1) is 0 Å². The van der Waals surface area contributed by atoms with E-state index in [1.165, 1.54) is 6.92 Å². The fourth-order valence-electron chi connectivity index (χ4n) is 2.63. The van der Waals surface area contributed by atoms with Gasteiger partial charge in [0.15, 0.2) is 0 Å². The van der Waals surface area contributed by atoms with E-state index in [2.05, 4.69) is 10.6 Å². The first-order chi connectivity index (χ1) is 11.8. The summed E-state index contributed by atoms with van der Waals surface area (Å²) in [7, 11) is 0. The predicted octanol–water partition coefficient (Wildman–Crippen LogP) is 1.82. The van der Waals surface area contributed by atoms with Crippen LogP contribution in [-0.2, 0) is 9.59 Å². The molecule has 4 N–H and O–H groups in total. The second kappa shape index (κ2) is 10.7. The highest BCUT2D eigenvalue weighted by Gasteiger charge is 2.20. The van der Waals surface area contributed by atoms with Gasteiger partial charge in [0.2, 0.25) is 11.8 Å². The van der Waals surface area contributed by atoms with Crippen LogP contribution in [0.5, 0.6) is 5.75 Å². The van der Waals surface area contributed by atoms with Gasteiger partial charge >= 0.3 is 0 Å². The van der Waals surface area contributed by atoms with Gasteiger partial charge in [0.05, 0.1) is 6.04 Å². The number of nitrogens with two attached hydrogens (primary N) is 1. The zero-order valence-corrected chi connectivity index (χ0v) is 15.7. The van der Waals surface area contributed by atoms with E-state index in [0.717, 1.165) is 29.7 Å². The van der Waals surface area contributed by atoms with Crippen LogP contribution >= 0.6 is 0 Å². The average molecular weight is 349 g/mol. The maximum absolute atomic E-state index is 12.4. The van der Waals surface area contributed by atoms with E-state index in [4.69, 9.17) is 10.5 Å². The summed E-state index contributed by atoms with van der Waals surface area (Å²) < 4.78 is 5.87. The zero-order valence-electron chi connectivity index (χ0n) is 15.7. The Morgan fingerprint density at radius 3 is 2.36 bits per heavy atom. The van der Waals surface area contributed by atoms with E-state index in [0.29, 0.717) is 19.6 Å². The molecule has 0 saturated carbocycles. The third-order valence-electron chi connectivity index (χ3n) is 3.92. The van der Waals surface area contributed by atoms with Crippen LogP contribution < -0.4 is 21.1 Å². The lowest BCUT2D eigenvalue weighted by Crippen LogP contribution is -2.49. The van der Waals surface area contributed by atoms with Gasteiger partial charge in [-0.25, -0.2) is 0 Å². The number of hydrogen-bond acceptors (Lipinski definition) is 4. The van der Waals surface area contributed by atoms with E-state index >= 15 is 0 Å². The van der Waals surface area contributed by atoms with Crippen LogP contribution in [0.15, 0.2) is 18.2 Å². The average Bonchev–Trinajstić information content (AvgIpc) is 2.53. The van der Waals surface area contributed by atoms with Gasteiger partial charge in [-0.2, -0.15) is 0 Å². The number of aryl methyl sites for hydroxylation is 2. The number of ether oxygens (including phenoxy) is 1. The molecule has 0 aliphatic rings. The predicted molar refractivity (Wildman–Crippen MR) is 99.5 cm³/mol. The maximum Gasteiger partial charge on any atom is 0.242 e. The molecule has 0 aromatic heterocycles. The molecule has 25 heavy (non-hydrogen) atoms. The lowest BCUT2D eigenvalue weighted by atomic mass is 10.1. The van der Waals surface area contributed by atoms with E-state index < -0.39 is 6.04 Å². The molecule has 0 aliphatic heterocycles. The van der Waals surface area contributed by atoms with Crippen molar-refractivity contribution in [3.63, 3.8) is 0 Å². The summed E-state index contributed by atoms with van der Waals surface area (Å²) in [6.07, 6.45) is 2.20. The molecule has 0 aliphatic carbocycles. The fraction of sp³-hybridized carbons (Fsp3) is 0.579. The molecule has 0 bridgehead atoms. The third kappa shape index (κ3) is 7.56. The van der Waals surface area contributed by atoms with Crippen molar-refractivity contribution in [1.82, 2.24) is 10.6 Å². The van der Waals surface area contributed by atoms with Crippen LogP contribution in [0.4, 0.5) is 0 Å². The minimum atomic E-state index is -0.535. The first kappa shape index (κ1) is 21.0. The number of benzene rings is 1. The van der Waals surface area contributed by atoms with Crippen molar-refractivity contribution < 1.29 is 14.3 Å². The Labute approximate surface area is 150 Å². The Bertz CT molecular complexity index is 555. The van der Waals surface area contributed by atoms with Crippen molar-refractivity contribution in [3.8, 4) is 5.75 Å². The minimum absolute atomic E-state index is 0.169. The van der Waals surface area contributed by atoms with E-state index in [-0.39, 0.29) is 17.9 Å². The monoisotopic (exact) mass is 349 g/mol. The molecule has 6 nitrogen and oxygen atoms in total. The number of rotatable bonds is 10. The Morgan fingerprint density at radius 2 is 1.80 bits per heavy atom. The molecular formula is C19H31N3O3. The molecule has 0 fully saturated rings. The molecule has 0 saturated heterocycles. The summed E-state index contributed by atoms with van der Waals surface area (Å²) >= 11 is 0. The van der Waals surface area contributed by atoms with Gasteiger partial charge < -0.3 is 21.1 Å². The SMILES string of the molecule is CC(=O)N[C@@H](CCCCN)C(=O)NC(C)COc1c(C)cccc1C. The lowest BCUT2D eigenvalue weighted by molar-refractivity contribution is -0.128. The summed E-state index contributed by atoms with van der Waals surface area (Å²) in [4.78, 5) is 23.7. The third-order valence-corrected chi connectivity index (χ3v) is 3.92. The summed E-state index contributed by atoms with van der Waals surface area (Å²) in [6, 6.07) is 5.28. The lowest BCUT2D eigenvalue weighted by Gasteiger charge is -2.22. The largest absolute Gasteiger partial charge is 0.491 e. The van der Waals surface area contributed by atoms with Crippen molar-refractivity contribution in [3.05, 3.63) is 29.3 Å². The molecule has 6 heteroatoms. The van der Waals surface area contributed by atoms with Gasteiger partial charge in [0.25, 0.3) is 0 Å². The van der Waals surface area contributed by atoms with Crippen molar-refractivity contribution >= 4 is 11.8 Å². The molecular weight excluding hydrogens is 318 g/mol. The van der Waals surface area contributed by atoms with Crippen LogP contribution in [0, 0.1) is 13.8 Å². The Hall–Kier alpha value is -2.08. The quantitative estimate of drug-likeness (QED) is 0.562. The summed E-state index contributed by atoms with van der Waals surface area (Å²) in [6.45, 7) is 8.24. The highest BCUT2D eigenvalue weighted by atomic mass is 16.5. The molecule has 0 spiro atoms. The number of para-hydroxylation sites is 1. The van der Waals surface area contributed by atoms with Crippen molar-refractivity contribution in [2.45, 2.75) is 59.0 Å². The van der Waals surface area contributed by atoms with Gasteiger partial charge in [-0.3, -0.25) is 9.59 Å². The molecule has 1 unspecified atom stereocenters. The molecule has 1 aromatic rings. The number of carbonyl (C=O) groups is 2. The Morgan fingerprint density at radius 1 is 1.16 bits per heavy atom. The molecule has 140 valence electrons. The number of carbonyl (C=O) groups excluding carboxylic acids is 2. The summed E-state index contributed by atoms with van der Waals surface area (Å²) in [5.74, 6) is 0.446. The van der Waals surface area contributed by atoms with Gasteiger partial charge in [0, 0.05) is 6.92 Å². The summed E-state index contributed by atoms with van der Waals surface area (Å²) in [5.41, 5.74) is 7.62. The second-order valence-corrected chi connectivity index (χ2v) is 6.48. The van der Waals surface area contributed by atoms with Gasteiger partial charge in [0.1, 0.15) is 18.4 Å². The highest BCUT2D eigenvalue weighted by molar-refractivity contribution is 5.86. The van der Waals surface area contributed by atoms with Crippen molar-refractivity contribution in [1.29, 1.82) is 0 Å². The summed E-state index contributed by atoms with van der Waals surface area (Å²) in [5, 5.41) is 5.61. The normalized spacial score (nSPS) is 13.0. The second-order valence-electron chi connectivity index (χ2n) is 6.48. The van der Waals surface area contributed by atoms with Gasteiger partial charge in [-0.05, 0) is 57.7 Å². The Balaban J connectivity index is 2.55. The van der Waals surface area contributed by atoms with Crippen LogP contribution in [-0.4, -0.2) is 37.0 Å². The van der Waals surface area contributed by atoms with Crippen molar-refractivity contribution in [2.24, 2.45) is 5.73 Å². The van der Waals surface area contributed by atoms with Gasteiger partial charge in [-0.1, -0.05) is 18.2 Å². The first-order valence-electron chi connectivity index (χ1n) is 8.81. The molecule has 1 aromatic carbocycles. The van der Waals surface area contributed by atoms with Crippen LogP contribution in [0.1, 0.15) is 44.2 Å². The molecule has 2 atom stereocenters. The molecule has 2 amide bonds. The topological polar surface area (TPSA) is 93.5 Å².